The number of benzene rings is 2. The smallest absolute Gasteiger partial charge is 0.277 e. The van der Waals surface area contributed by atoms with Gasteiger partial charge in [0.25, 0.3) is 5.91 Å². The fourth-order valence-electron chi connectivity index (χ4n) is 2.07. The molecule has 0 spiro atoms. The predicted molar refractivity (Wildman–Crippen MR) is 94.4 cm³/mol. The highest BCUT2D eigenvalue weighted by atomic mass is 16.3. The van der Waals surface area contributed by atoms with Gasteiger partial charge in [0, 0.05) is 18.8 Å². The van der Waals surface area contributed by atoms with Crippen LogP contribution in [0.4, 0.5) is 17.1 Å². The number of imide groups is 1. The van der Waals surface area contributed by atoms with Crippen LogP contribution in [0.15, 0.2) is 60.3 Å². The number of carbonyl (C=O) groups is 2. The number of nitriles is 1. The summed E-state index contributed by atoms with van der Waals surface area (Å²) in [4.78, 5) is 25.4. The van der Waals surface area contributed by atoms with E-state index in [1.54, 1.807) is 36.4 Å². The van der Waals surface area contributed by atoms with Crippen LogP contribution in [0, 0.1) is 11.3 Å². The van der Waals surface area contributed by atoms with E-state index in [9.17, 15) is 20.0 Å². The Hall–Kier alpha value is -3.79. The largest absolute Gasteiger partial charge is 0.506 e. The van der Waals surface area contributed by atoms with E-state index in [1.807, 2.05) is 0 Å². The Kier molecular flexibility index (Phi) is 5.38. The zero-order valence-electron chi connectivity index (χ0n) is 13.4. The molecule has 0 aliphatic carbocycles. The van der Waals surface area contributed by atoms with E-state index in [-0.39, 0.29) is 11.3 Å². The van der Waals surface area contributed by atoms with E-state index in [4.69, 9.17) is 5.73 Å². The average molecular weight is 336 g/mol. The summed E-state index contributed by atoms with van der Waals surface area (Å²) < 4.78 is 0. The Balaban J connectivity index is 2.31. The Morgan fingerprint density at radius 1 is 1.20 bits per heavy atom. The lowest BCUT2D eigenvalue weighted by atomic mass is 10.2. The third kappa shape index (κ3) is 4.14. The zero-order chi connectivity index (χ0) is 18.4. The predicted octanol–water partition coefficient (Wildman–Crippen LogP) is 2.37. The first kappa shape index (κ1) is 17.6. The van der Waals surface area contributed by atoms with E-state index in [0.717, 1.165) is 11.1 Å². The molecule has 2 aromatic carbocycles. The summed E-state index contributed by atoms with van der Waals surface area (Å²) in [6.07, 6.45) is 1.14. The molecule has 2 aromatic rings. The second-order valence-corrected chi connectivity index (χ2v) is 5.08. The maximum atomic E-state index is 12.6. The highest BCUT2D eigenvalue weighted by Crippen LogP contribution is 2.22. The molecule has 0 radical (unpaired) electrons. The summed E-state index contributed by atoms with van der Waals surface area (Å²) >= 11 is 0. The third-order valence-corrected chi connectivity index (χ3v) is 3.30. The molecule has 0 bridgehead atoms. The Morgan fingerprint density at radius 2 is 1.84 bits per heavy atom. The lowest BCUT2D eigenvalue weighted by Crippen LogP contribution is -2.36. The molecule has 0 saturated carbocycles. The van der Waals surface area contributed by atoms with Crippen molar-refractivity contribution < 1.29 is 14.7 Å². The first-order valence-corrected chi connectivity index (χ1v) is 7.29. The van der Waals surface area contributed by atoms with Crippen LogP contribution in [0.1, 0.15) is 6.92 Å². The number of phenolic OH excluding ortho intramolecular Hbond substituents is 1. The number of rotatable bonds is 4. The lowest BCUT2D eigenvalue weighted by molar-refractivity contribution is -0.123. The number of carbonyl (C=O) groups excluding carboxylic acids is 2. The Bertz CT molecular complexity index is 867. The third-order valence-electron chi connectivity index (χ3n) is 3.30. The number of nitrogens with zero attached hydrogens (tertiary/aromatic N) is 2. The van der Waals surface area contributed by atoms with Gasteiger partial charge in [-0.05, 0) is 36.4 Å². The van der Waals surface area contributed by atoms with Crippen LogP contribution in [0.5, 0.6) is 5.75 Å². The molecule has 25 heavy (non-hydrogen) atoms. The minimum Gasteiger partial charge on any atom is -0.506 e. The van der Waals surface area contributed by atoms with Crippen molar-refractivity contribution in [3.63, 3.8) is 0 Å². The highest BCUT2D eigenvalue weighted by Gasteiger charge is 2.24. The molecule has 0 aliphatic rings. The van der Waals surface area contributed by atoms with Crippen molar-refractivity contribution in [2.45, 2.75) is 6.92 Å². The summed E-state index contributed by atoms with van der Waals surface area (Å²) in [6.45, 7) is 1.22. The van der Waals surface area contributed by atoms with Gasteiger partial charge in [0.15, 0.2) is 0 Å². The van der Waals surface area contributed by atoms with E-state index < -0.39 is 11.8 Å². The SMILES string of the molecule is CC(=O)N(C(=O)/C(C#N)=C\Nc1ccccc1O)c1ccc(N)cc1. The zero-order valence-corrected chi connectivity index (χ0v) is 13.4. The molecule has 4 N–H and O–H groups in total. The minimum absolute atomic E-state index is 0.0366. The van der Waals surface area contributed by atoms with Crippen molar-refractivity contribution in [1.29, 1.82) is 5.26 Å². The van der Waals surface area contributed by atoms with Crippen LogP contribution >= 0.6 is 0 Å². The number of phenols is 1. The average Bonchev–Trinajstić information content (AvgIpc) is 2.58. The Morgan fingerprint density at radius 3 is 2.40 bits per heavy atom. The van der Waals surface area contributed by atoms with Crippen LogP contribution in [0.25, 0.3) is 0 Å². The second-order valence-electron chi connectivity index (χ2n) is 5.08. The Labute approximate surface area is 144 Å². The molecule has 2 rings (SSSR count). The van der Waals surface area contributed by atoms with E-state index >= 15 is 0 Å². The first-order chi connectivity index (χ1) is 11.9. The van der Waals surface area contributed by atoms with Crippen LogP contribution in [-0.2, 0) is 9.59 Å². The molecular formula is C18H16N4O3. The van der Waals surface area contributed by atoms with Crippen molar-refractivity contribution in [2.75, 3.05) is 16.0 Å². The standard InChI is InChI=1S/C18H16N4O3/c1-12(23)22(15-8-6-14(20)7-9-15)18(25)13(10-19)11-21-16-4-2-3-5-17(16)24/h2-9,11,21,24H,20H2,1H3/b13-11-. The van der Waals surface area contributed by atoms with Gasteiger partial charge in [-0.25, -0.2) is 4.90 Å². The normalized spacial score (nSPS) is 10.6. The molecule has 0 aromatic heterocycles. The summed E-state index contributed by atoms with van der Waals surface area (Å²) in [7, 11) is 0. The second kappa shape index (κ2) is 7.66. The number of nitrogens with two attached hydrogens (primary N) is 1. The number of hydrogen-bond donors (Lipinski definition) is 3. The van der Waals surface area contributed by atoms with Crippen molar-refractivity contribution in [2.24, 2.45) is 0 Å². The summed E-state index contributed by atoms with van der Waals surface area (Å²) in [5.74, 6) is -1.37. The summed E-state index contributed by atoms with van der Waals surface area (Å²) in [5.41, 5.74) is 6.42. The number of nitrogens with one attached hydrogen (secondary N) is 1. The quantitative estimate of drug-likeness (QED) is 0.341. The lowest BCUT2D eigenvalue weighted by Gasteiger charge is -2.19. The molecule has 0 unspecified atom stereocenters. The number of nitrogen functional groups attached to an aromatic ring is 1. The monoisotopic (exact) mass is 336 g/mol. The maximum absolute atomic E-state index is 12.6. The minimum atomic E-state index is -0.789. The molecule has 126 valence electrons. The van der Waals surface area contributed by atoms with Crippen molar-refractivity contribution in [3.05, 3.63) is 60.3 Å². The van der Waals surface area contributed by atoms with Crippen molar-refractivity contribution in [3.8, 4) is 11.8 Å². The van der Waals surface area contributed by atoms with E-state index in [2.05, 4.69) is 5.32 Å². The van der Waals surface area contributed by atoms with Crippen molar-refractivity contribution >= 4 is 28.9 Å². The van der Waals surface area contributed by atoms with Gasteiger partial charge in [0.2, 0.25) is 5.91 Å². The van der Waals surface area contributed by atoms with Gasteiger partial charge in [-0.3, -0.25) is 9.59 Å². The molecule has 0 heterocycles. The van der Waals surface area contributed by atoms with Gasteiger partial charge in [-0.1, -0.05) is 12.1 Å². The van der Waals surface area contributed by atoms with Crippen molar-refractivity contribution in [1.82, 2.24) is 0 Å². The molecule has 7 heteroatoms. The van der Waals surface area contributed by atoms with Crippen LogP contribution < -0.4 is 16.0 Å². The fourth-order valence-corrected chi connectivity index (χ4v) is 2.07. The first-order valence-electron chi connectivity index (χ1n) is 7.29. The molecule has 0 atom stereocenters. The summed E-state index contributed by atoms with van der Waals surface area (Å²) in [6, 6.07) is 14.2. The van der Waals surface area contributed by atoms with Gasteiger partial charge >= 0.3 is 0 Å². The van der Waals surface area contributed by atoms with E-state index in [0.29, 0.717) is 17.1 Å². The topological polar surface area (TPSA) is 119 Å². The maximum Gasteiger partial charge on any atom is 0.277 e. The van der Waals surface area contributed by atoms with Gasteiger partial charge in [0.05, 0.1) is 11.4 Å². The molecule has 0 fully saturated rings. The van der Waals surface area contributed by atoms with Gasteiger partial charge in [-0.15, -0.1) is 0 Å². The number of amides is 2. The van der Waals surface area contributed by atoms with Crippen LogP contribution in [-0.4, -0.2) is 16.9 Å². The molecule has 7 nitrogen and oxygen atoms in total. The number of anilines is 3. The number of aromatic hydroxyl groups is 1. The van der Waals surface area contributed by atoms with Gasteiger partial charge in [0.1, 0.15) is 17.4 Å². The van der Waals surface area contributed by atoms with Crippen LogP contribution in [0.2, 0.25) is 0 Å². The molecule has 0 aliphatic heterocycles. The van der Waals surface area contributed by atoms with Crippen LogP contribution in [0.3, 0.4) is 0 Å². The van der Waals surface area contributed by atoms with Gasteiger partial charge in [-0.2, -0.15) is 5.26 Å². The molecule has 0 saturated heterocycles. The highest BCUT2D eigenvalue weighted by molar-refractivity contribution is 6.21. The van der Waals surface area contributed by atoms with Gasteiger partial charge < -0.3 is 16.2 Å². The van der Waals surface area contributed by atoms with E-state index in [1.165, 1.54) is 25.1 Å². The fraction of sp³-hybridized carbons (Fsp3) is 0.0556. The summed E-state index contributed by atoms with van der Waals surface area (Å²) in [5, 5.41) is 21.7. The molecule has 2 amide bonds. The number of para-hydroxylation sites is 2. The molecular weight excluding hydrogens is 320 g/mol. The number of hydrogen-bond acceptors (Lipinski definition) is 6.